The number of nitrogens with zero attached hydrogens (tertiary/aromatic N) is 3. The molecule has 7 nitrogen and oxygen atoms in total. The molecule has 2 aromatic rings. The van der Waals surface area contributed by atoms with E-state index in [1.807, 2.05) is 6.92 Å². The highest BCUT2D eigenvalue weighted by Gasteiger charge is 2.22. The Labute approximate surface area is 109 Å². The summed E-state index contributed by atoms with van der Waals surface area (Å²) in [6, 6.07) is 0. The lowest BCUT2D eigenvalue weighted by Gasteiger charge is -2.06. The van der Waals surface area contributed by atoms with Gasteiger partial charge in [-0.15, -0.1) is 11.3 Å². The van der Waals surface area contributed by atoms with Crippen LogP contribution in [0.3, 0.4) is 0 Å². The Bertz CT molecular complexity index is 639. The Hall–Kier alpha value is -1.45. The number of nitrogen functional groups attached to an aromatic ring is 1. The average Bonchev–Trinajstić information content (AvgIpc) is 2.83. The van der Waals surface area contributed by atoms with Crippen molar-refractivity contribution in [2.45, 2.75) is 18.5 Å². The molecule has 0 amide bonds. The van der Waals surface area contributed by atoms with Crippen molar-refractivity contribution in [2.24, 2.45) is 7.05 Å². The minimum absolute atomic E-state index is 0.0136. The van der Waals surface area contributed by atoms with E-state index >= 15 is 0 Å². The molecule has 3 N–H and O–H groups in total. The molecule has 9 heteroatoms. The molecule has 0 atom stereocenters. The first-order valence-corrected chi connectivity index (χ1v) is 7.38. The summed E-state index contributed by atoms with van der Waals surface area (Å²) in [5, 5.41) is 0.674. The summed E-state index contributed by atoms with van der Waals surface area (Å²) in [6.07, 6.45) is 3.06. The van der Waals surface area contributed by atoms with Crippen LogP contribution in [0.2, 0.25) is 0 Å². The number of nitrogens with one attached hydrogen (secondary N) is 1. The maximum atomic E-state index is 12.0. The lowest BCUT2D eigenvalue weighted by Crippen LogP contribution is -2.25. The number of aromatic nitrogens is 3. The summed E-state index contributed by atoms with van der Waals surface area (Å²) in [5.41, 5.74) is 5.54. The van der Waals surface area contributed by atoms with Crippen LogP contribution in [0.5, 0.6) is 0 Å². The highest BCUT2D eigenvalue weighted by Crippen LogP contribution is 2.16. The van der Waals surface area contributed by atoms with E-state index in [9.17, 15) is 8.42 Å². The van der Waals surface area contributed by atoms with Gasteiger partial charge in [0.2, 0.25) is 0 Å². The van der Waals surface area contributed by atoms with Gasteiger partial charge >= 0.3 is 0 Å². The summed E-state index contributed by atoms with van der Waals surface area (Å²) in [5.74, 6) is -0.0136. The van der Waals surface area contributed by atoms with Crippen LogP contribution < -0.4 is 10.5 Å². The van der Waals surface area contributed by atoms with Crippen molar-refractivity contribution in [2.75, 3.05) is 5.73 Å². The first kappa shape index (κ1) is 13.0. The number of thiazole rings is 1. The van der Waals surface area contributed by atoms with Crippen molar-refractivity contribution < 1.29 is 8.42 Å². The third-order valence-corrected chi connectivity index (χ3v) is 4.69. The Morgan fingerprint density at radius 2 is 2.22 bits per heavy atom. The molecule has 0 aliphatic heterocycles. The first-order chi connectivity index (χ1) is 8.40. The van der Waals surface area contributed by atoms with Crippen LogP contribution in [-0.2, 0) is 23.6 Å². The van der Waals surface area contributed by atoms with E-state index in [1.54, 1.807) is 13.2 Å². The molecule has 0 spiro atoms. The van der Waals surface area contributed by atoms with Crippen LogP contribution in [-0.4, -0.2) is 23.0 Å². The van der Waals surface area contributed by atoms with Gasteiger partial charge in [-0.25, -0.2) is 23.1 Å². The minimum Gasteiger partial charge on any atom is -0.381 e. The van der Waals surface area contributed by atoms with Crippen molar-refractivity contribution in [1.82, 2.24) is 19.3 Å². The van der Waals surface area contributed by atoms with Crippen molar-refractivity contribution in [3.8, 4) is 0 Å². The minimum atomic E-state index is -3.68. The molecule has 2 aromatic heterocycles. The monoisotopic (exact) mass is 287 g/mol. The second-order valence-electron chi connectivity index (χ2n) is 3.74. The smallest absolute Gasteiger partial charge is 0.260 e. The summed E-state index contributed by atoms with van der Waals surface area (Å²) in [7, 11) is -2.10. The molecule has 0 bridgehead atoms. The van der Waals surface area contributed by atoms with Gasteiger partial charge in [0.15, 0.2) is 10.8 Å². The van der Waals surface area contributed by atoms with E-state index in [-0.39, 0.29) is 17.4 Å². The van der Waals surface area contributed by atoms with Crippen LogP contribution >= 0.6 is 11.3 Å². The fourth-order valence-corrected chi connectivity index (χ4v) is 3.51. The van der Waals surface area contributed by atoms with Gasteiger partial charge in [0, 0.05) is 18.1 Å². The van der Waals surface area contributed by atoms with E-state index in [4.69, 9.17) is 5.73 Å². The van der Waals surface area contributed by atoms with Gasteiger partial charge in [-0.05, 0) is 6.92 Å². The summed E-state index contributed by atoms with van der Waals surface area (Å²) in [4.78, 5) is 8.86. The fraction of sp³-hybridized carbons (Fsp3) is 0.333. The zero-order chi connectivity index (χ0) is 13.3. The van der Waals surface area contributed by atoms with Gasteiger partial charge in [0.1, 0.15) is 5.01 Å². The highest BCUT2D eigenvalue weighted by atomic mass is 32.2. The van der Waals surface area contributed by atoms with Gasteiger partial charge in [0.25, 0.3) is 10.0 Å². The first-order valence-electron chi connectivity index (χ1n) is 5.08. The van der Waals surface area contributed by atoms with E-state index < -0.39 is 10.0 Å². The van der Waals surface area contributed by atoms with Crippen LogP contribution in [0.4, 0.5) is 5.82 Å². The molecule has 98 valence electrons. The van der Waals surface area contributed by atoms with Crippen molar-refractivity contribution in [1.29, 1.82) is 0 Å². The molecule has 0 aliphatic carbocycles. The Morgan fingerprint density at radius 1 is 1.50 bits per heavy atom. The maximum Gasteiger partial charge on any atom is 0.260 e. The second kappa shape index (κ2) is 4.67. The van der Waals surface area contributed by atoms with Crippen LogP contribution in [0, 0.1) is 6.92 Å². The van der Waals surface area contributed by atoms with E-state index in [1.165, 1.54) is 22.2 Å². The fourth-order valence-electron chi connectivity index (χ4n) is 1.47. The van der Waals surface area contributed by atoms with E-state index in [0.29, 0.717) is 5.01 Å². The largest absolute Gasteiger partial charge is 0.381 e. The molecule has 2 rings (SSSR count). The number of hydrogen-bond acceptors (Lipinski definition) is 6. The molecule has 0 saturated carbocycles. The van der Waals surface area contributed by atoms with E-state index in [2.05, 4.69) is 14.7 Å². The van der Waals surface area contributed by atoms with Crippen LogP contribution in [0.15, 0.2) is 17.6 Å². The SMILES string of the molecule is Cc1cnc(CNS(=O)(=O)c2c(N)ncn2C)s1. The maximum absolute atomic E-state index is 12.0. The number of imidazole rings is 1. The third-order valence-electron chi connectivity index (χ3n) is 2.25. The number of nitrogens with two attached hydrogens (primary N) is 1. The predicted molar refractivity (Wildman–Crippen MR) is 68.5 cm³/mol. The van der Waals surface area contributed by atoms with Gasteiger partial charge in [-0.3, -0.25) is 0 Å². The predicted octanol–water partition coefficient (Wildman–Crippen LogP) is 0.246. The quantitative estimate of drug-likeness (QED) is 0.839. The molecule has 18 heavy (non-hydrogen) atoms. The number of hydrogen-bond donors (Lipinski definition) is 2. The number of aryl methyl sites for hydroxylation is 2. The topological polar surface area (TPSA) is 103 Å². The molecule has 2 heterocycles. The molecular weight excluding hydrogens is 274 g/mol. The van der Waals surface area contributed by atoms with Crippen molar-refractivity contribution >= 4 is 27.2 Å². The molecule has 0 aliphatic rings. The van der Waals surface area contributed by atoms with Crippen LogP contribution in [0.1, 0.15) is 9.88 Å². The van der Waals surface area contributed by atoms with Gasteiger partial charge < -0.3 is 10.3 Å². The van der Waals surface area contributed by atoms with Crippen molar-refractivity contribution in [3.05, 3.63) is 22.4 Å². The van der Waals surface area contributed by atoms with Gasteiger partial charge in [0.05, 0.1) is 12.9 Å². The molecular formula is C9H13N5O2S2. The van der Waals surface area contributed by atoms with Gasteiger partial charge in [-0.2, -0.15) is 0 Å². The third kappa shape index (κ3) is 2.52. The number of anilines is 1. The van der Waals surface area contributed by atoms with E-state index in [0.717, 1.165) is 4.88 Å². The molecule has 0 fully saturated rings. The highest BCUT2D eigenvalue weighted by molar-refractivity contribution is 7.89. The zero-order valence-electron chi connectivity index (χ0n) is 9.91. The Morgan fingerprint density at radius 3 is 2.72 bits per heavy atom. The molecule has 0 saturated heterocycles. The summed E-state index contributed by atoms with van der Waals surface area (Å²) in [6.45, 7) is 2.06. The molecule has 0 unspecified atom stereocenters. The summed E-state index contributed by atoms with van der Waals surface area (Å²) < 4.78 is 27.9. The zero-order valence-corrected chi connectivity index (χ0v) is 11.5. The lowest BCUT2D eigenvalue weighted by molar-refractivity contribution is 0.571. The van der Waals surface area contributed by atoms with Crippen molar-refractivity contribution in [3.63, 3.8) is 0 Å². The van der Waals surface area contributed by atoms with Crippen LogP contribution in [0.25, 0.3) is 0 Å². The molecule has 0 radical (unpaired) electrons. The standard InChI is InChI=1S/C9H13N5O2S2/c1-6-3-11-7(17-6)4-13-18(15,16)9-8(10)12-5-14(9)2/h3,5,13H,4,10H2,1-2H3. The lowest BCUT2D eigenvalue weighted by atomic mass is 10.6. The number of rotatable bonds is 4. The van der Waals surface area contributed by atoms with Gasteiger partial charge in [-0.1, -0.05) is 0 Å². The average molecular weight is 287 g/mol. The second-order valence-corrected chi connectivity index (χ2v) is 6.74. The Kier molecular flexibility index (Phi) is 3.37. The Balaban J connectivity index is 2.18. The molecule has 0 aromatic carbocycles. The normalized spacial score (nSPS) is 11.9. The number of sulfonamides is 1. The summed E-state index contributed by atoms with van der Waals surface area (Å²) >= 11 is 1.44.